The van der Waals surface area contributed by atoms with Gasteiger partial charge in [-0.05, 0) is 73.0 Å². The molecule has 0 saturated heterocycles. The van der Waals surface area contributed by atoms with Crippen LogP contribution in [-0.2, 0) is 5.41 Å². The van der Waals surface area contributed by atoms with Gasteiger partial charge >= 0.3 is 0 Å². The van der Waals surface area contributed by atoms with Gasteiger partial charge in [0.15, 0.2) is 0 Å². The molecule has 0 radical (unpaired) electrons. The molecule has 8 rings (SSSR count). The molecule has 6 aromatic carbocycles. The minimum Gasteiger partial charge on any atom is -0.254 e. The van der Waals surface area contributed by atoms with Crippen molar-refractivity contribution in [3.05, 3.63) is 145 Å². The third kappa shape index (κ3) is 4.26. The lowest BCUT2D eigenvalue weighted by Gasteiger charge is -2.23. The van der Waals surface area contributed by atoms with Gasteiger partial charge < -0.3 is 0 Å². The van der Waals surface area contributed by atoms with Crippen molar-refractivity contribution < 1.29 is 0 Å². The molecule has 44 heavy (non-hydrogen) atoms. The number of pyridine rings is 2. The second kappa shape index (κ2) is 10.1. The van der Waals surface area contributed by atoms with Gasteiger partial charge in [-0.2, -0.15) is 0 Å². The topological polar surface area (TPSA) is 25.8 Å². The molecular formula is C42H32N2. The lowest BCUT2D eigenvalue weighted by atomic mass is 9.81. The molecule has 0 aliphatic carbocycles. The highest BCUT2D eigenvalue weighted by Crippen LogP contribution is 2.42. The van der Waals surface area contributed by atoms with E-state index in [2.05, 4.69) is 154 Å². The SMILES string of the molecule is CC(C)(C)c1cc2c(-c3cc(-c4ccccc4)c4ccc5c(-c6ccccc6)ccnc5c4n3)cccc2c2ccccc12. The summed E-state index contributed by atoms with van der Waals surface area (Å²) in [6.45, 7) is 6.90. The first kappa shape index (κ1) is 26.3. The van der Waals surface area contributed by atoms with E-state index in [1.54, 1.807) is 0 Å². The normalized spacial score (nSPS) is 12.0. The molecule has 0 N–H and O–H groups in total. The molecule has 2 aromatic heterocycles. The van der Waals surface area contributed by atoms with Crippen molar-refractivity contribution in [1.82, 2.24) is 9.97 Å². The van der Waals surface area contributed by atoms with E-state index in [-0.39, 0.29) is 5.41 Å². The number of benzene rings is 6. The largest absolute Gasteiger partial charge is 0.254 e. The van der Waals surface area contributed by atoms with E-state index in [9.17, 15) is 0 Å². The summed E-state index contributed by atoms with van der Waals surface area (Å²) >= 11 is 0. The van der Waals surface area contributed by atoms with Crippen molar-refractivity contribution in [1.29, 1.82) is 0 Å². The standard InChI is InChI=1S/C42H32N2/c1-42(2,3)38-25-37-31(30-17-10-11-18-32(30)38)19-12-20-33(37)39-26-36(28-15-8-5-9-16-28)35-22-21-34-29(27-13-6-4-7-14-27)23-24-43-40(34)41(35)44-39/h4-26H,1-3H3. The molecule has 2 nitrogen and oxygen atoms in total. The highest BCUT2D eigenvalue weighted by atomic mass is 14.8. The van der Waals surface area contributed by atoms with E-state index in [1.165, 1.54) is 38.2 Å². The summed E-state index contributed by atoms with van der Waals surface area (Å²) in [4.78, 5) is 10.4. The van der Waals surface area contributed by atoms with Crippen molar-refractivity contribution in [3.8, 4) is 33.5 Å². The van der Waals surface area contributed by atoms with Crippen LogP contribution in [0, 0.1) is 0 Å². The Hall–Kier alpha value is -5.34. The second-order valence-electron chi connectivity index (χ2n) is 12.6. The van der Waals surface area contributed by atoms with Crippen LogP contribution in [0.2, 0.25) is 0 Å². The van der Waals surface area contributed by atoms with Gasteiger partial charge in [0.25, 0.3) is 0 Å². The van der Waals surface area contributed by atoms with Crippen molar-refractivity contribution in [2.24, 2.45) is 0 Å². The molecule has 0 bridgehead atoms. The number of rotatable bonds is 3. The Labute approximate surface area is 257 Å². The Morgan fingerprint density at radius 1 is 0.432 bits per heavy atom. The van der Waals surface area contributed by atoms with Gasteiger partial charge in [-0.15, -0.1) is 0 Å². The minimum absolute atomic E-state index is 0.0130. The van der Waals surface area contributed by atoms with Crippen molar-refractivity contribution in [3.63, 3.8) is 0 Å². The third-order valence-electron chi connectivity index (χ3n) is 8.85. The zero-order chi connectivity index (χ0) is 29.8. The van der Waals surface area contributed by atoms with Crippen molar-refractivity contribution in [2.75, 3.05) is 0 Å². The number of nitrogens with zero attached hydrogens (tertiary/aromatic N) is 2. The molecule has 0 aliphatic rings. The molecule has 210 valence electrons. The molecule has 8 aromatic rings. The fourth-order valence-corrected chi connectivity index (χ4v) is 6.74. The van der Waals surface area contributed by atoms with E-state index >= 15 is 0 Å². The van der Waals surface area contributed by atoms with Crippen molar-refractivity contribution in [2.45, 2.75) is 26.2 Å². The monoisotopic (exact) mass is 564 g/mol. The summed E-state index contributed by atoms with van der Waals surface area (Å²) in [7, 11) is 0. The summed E-state index contributed by atoms with van der Waals surface area (Å²) in [6.07, 6.45) is 1.92. The Kier molecular flexibility index (Phi) is 6.06. The molecule has 2 heteroatoms. The van der Waals surface area contributed by atoms with Crippen LogP contribution in [0.3, 0.4) is 0 Å². The molecule has 0 spiro atoms. The third-order valence-corrected chi connectivity index (χ3v) is 8.85. The van der Waals surface area contributed by atoms with E-state index < -0.39 is 0 Å². The number of hydrogen-bond acceptors (Lipinski definition) is 2. The Bertz CT molecular complexity index is 2350. The van der Waals surface area contributed by atoms with Gasteiger partial charge in [-0.1, -0.05) is 136 Å². The molecule has 0 saturated carbocycles. The molecule has 0 aliphatic heterocycles. The first-order valence-corrected chi connectivity index (χ1v) is 15.3. The van der Waals surface area contributed by atoms with Gasteiger partial charge in [0.05, 0.1) is 16.7 Å². The summed E-state index contributed by atoms with van der Waals surface area (Å²) in [5, 5.41) is 7.27. The highest BCUT2D eigenvalue weighted by molar-refractivity contribution is 6.16. The summed E-state index contributed by atoms with van der Waals surface area (Å²) in [5.74, 6) is 0. The molecule has 0 unspecified atom stereocenters. The van der Waals surface area contributed by atoms with E-state index in [1.807, 2.05) is 6.20 Å². The van der Waals surface area contributed by atoms with Crippen molar-refractivity contribution >= 4 is 43.4 Å². The summed E-state index contributed by atoms with van der Waals surface area (Å²) in [6, 6.07) is 47.8. The van der Waals surface area contributed by atoms with Gasteiger partial charge in [-0.3, -0.25) is 4.98 Å². The smallest absolute Gasteiger partial charge is 0.0978 e. The lowest BCUT2D eigenvalue weighted by molar-refractivity contribution is 0.596. The number of fused-ring (bicyclic) bond motifs is 6. The minimum atomic E-state index is -0.0130. The van der Waals surface area contributed by atoms with Gasteiger partial charge in [-0.25, -0.2) is 4.98 Å². The quantitative estimate of drug-likeness (QED) is 0.199. The Morgan fingerprint density at radius 3 is 1.73 bits per heavy atom. The molecular weight excluding hydrogens is 532 g/mol. The van der Waals surface area contributed by atoms with Crippen LogP contribution in [0.1, 0.15) is 26.3 Å². The van der Waals surface area contributed by atoms with Gasteiger partial charge in [0.1, 0.15) is 0 Å². The number of aromatic nitrogens is 2. The second-order valence-corrected chi connectivity index (χ2v) is 12.6. The van der Waals surface area contributed by atoms with E-state index in [0.717, 1.165) is 44.2 Å². The van der Waals surface area contributed by atoms with Crippen LogP contribution in [0.4, 0.5) is 0 Å². The molecule has 0 atom stereocenters. The number of hydrogen-bond donors (Lipinski definition) is 0. The van der Waals surface area contributed by atoms with Crippen LogP contribution in [0.15, 0.2) is 140 Å². The van der Waals surface area contributed by atoms with Gasteiger partial charge in [0.2, 0.25) is 0 Å². The Balaban J connectivity index is 1.49. The Morgan fingerprint density at radius 2 is 1.02 bits per heavy atom. The fourth-order valence-electron chi connectivity index (χ4n) is 6.74. The van der Waals surface area contributed by atoms with Crippen LogP contribution >= 0.6 is 0 Å². The predicted molar refractivity (Wildman–Crippen MR) is 187 cm³/mol. The van der Waals surface area contributed by atoms with Crippen LogP contribution in [-0.4, -0.2) is 9.97 Å². The van der Waals surface area contributed by atoms with Crippen LogP contribution in [0.5, 0.6) is 0 Å². The van der Waals surface area contributed by atoms with E-state index in [0.29, 0.717) is 0 Å². The zero-order valence-corrected chi connectivity index (χ0v) is 25.2. The lowest BCUT2D eigenvalue weighted by Crippen LogP contribution is -2.12. The summed E-state index contributed by atoms with van der Waals surface area (Å²) < 4.78 is 0. The highest BCUT2D eigenvalue weighted by Gasteiger charge is 2.21. The fraction of sp³-hybridized carbons (Fsp3) is 0.0952. The first-order chi connectivity index (χ1) is 21.5. The average molecular weight is 565 g/mol. The maximum atomic E-state index is 5.45. The van der Waals surface area contributed by atoms with E-state index in [4.69, 9.17) is 9.97 Å². The maximum Gasteiger partial charge on any atom is 0.0978 e. The molecule has 2 heterocycles. The molecule has 0 amide bonds. The zero-order valence-electron chi connectivity index (χ0n) is 25.2. The van der Waals surface area contributed by atoms with Crippen LogP contribution in [0.25, 0.3) is 76.9 Å². The van der Waals surface area contributed by atoms with Crippen LogP contribution < -0.4 is 0 Å². The maximum absolute atomic E-state index is 5.45. The average Bonchev–Trinajstić information content (AvgIpc) is 3.07. The van der Waals surface area contributed by atoms with Gasteiger partial charge in [0, 0.05) is 22.5 Å². The molecule has 0 fully saturated rings. The first-order valence-electron chi connectivity index (χ1n) is 15.3. The summed E-state index contributed by atoms with van der Waals surface area (Å²) in [5.41, 5.74) is 9.93. The predicted octanol–water partition coefficient (Wildman–Crippen LogP) is 11.4.